The Morgan fingerprint density at radius 3 is 1.92 bits per heavy atom. The number of unbranched alkanes of at least 4 members (excludes halogenated alkanes) is 1. The number of allylic oxidation sites excluding steroid dienone is 1. The minimum Gasteiger partial charge on any atom is -0.294 e. The second kappa shape index (κ2) is 10.5. The van der Waals surface area contributed by atoms with Crippen molar-refractivity contribution in [2.75, 3.05) is 0 Å². The Morgan fingerprint density at radius 2 is 1.42 bits per heavy atom. The SMILES string of the molecule is C=C(C#C[Si](C(C)C)(C(C)C)C(C)C)CCCCC(=O)c1ccccc1. The van der Waals surface area contributed by atoms with Gasteiger partial charge in [-0.3, -0.25) is 4.79 Å². The van der Waals surface area contributed by atoms with Gasteiger partial charge < -0.3 is 0 Å². The highest BCUT2D eigenvalue weighted by atomic mass is 28.3. The second-order valence-electron chi connectivity index (χ2n) is 8.25. The van der Waals surface area contributed by atoms with Gasteiger partial charge in [-0.05, 0) is 41.5 Å². The normalized spacial score (nSPS) is 11.6. The van der Waals surface area contributed by atoms with Crippen LogP contribution in [0.15, 0.2) is 42.5 Å². The van der Waals surface area contributed by atoms with E-state index in [1.807, 2.05) is 30.3 Å². The summed E-state index contributed by atoms with van der Waals surface area (Å²) in [7, 11) is -1.68. The Hall–Kier alpha value is -1.59. The van der Waals surface area contributed by atoms with E-state index < -0.39 is 8.07 Å². The molecule has 2 heteroatoms. The molecule has 0 aliphatic heterocycles. The van der Waals surface area contributed by atoms with Gasteiger partial charge in [0.05, 0.1) is 0 Å². The standard InChI is InChI=1S/C24H36OSi/c1-19(2)26(20(3)4,21(5)6)18-17-22(7)13-11-12-16-24(25)23-14-9-8-10-15-23/h8-10,14-15,19-21H,7,11-13,16H2,1-6H3. The molecule has 0 spiro atoms. The summed E-state index contributed by atoms with van der Waals surface area (Å²) in [5.74, 6) is 3.65. The molecular formula is C24H36OSi. The van der Waals surface area contributed by atoms with E-state index in [1.165, 1.54) is 0 Å². The maximum atomic E-state index is 12.1. The summed E-state index contributed by atoms with van der Waals surface area (Å²) in [5.41, 5.74) is 7.50. The van der Waals surface area contributed by atoms with Crippen molar-refractivity contribution < 1.29 is 4.79 Å². The molecule has 0 bridgehead atoms. The number of hydrogen-bond donors (Lipinski definition) is 0. The highest BCUT2D eigenvalue weighted by Crippen LogP contribution is 2.40. The Labute approximate surface area is 162 Å². The molecule has 0 aliphatic rings. The first-order chi connectivity index (χ1) is 12.2. The van der Waals surface area contributed by atoms with Crippen molar-refractivity contribution in [3.8, 4) is 11.5 Å². The quantitative estimate of drug-likeness (QED) is 0.195. The van der Waals surface area contributed by atoms with Crippen molar-refractivity contribution in [1.82, 2.24) is 0 Å². The summed E-state index contributed by atoms with van der Waals surface area (Å²) in [6.07, 6.45) is 3.38. The Morgan fingerprint density at radius 1 is 0.923 bits per heavy atom. The third-order valence-electron chi connectivity index (χ3n) is 5.55. The predicted molar refractivity (Wildman–Crippen MR) is 117 cm³/mol. The van der Waals surface area contributed by atoms with E-state index in [-0.39, 0.29) is 5.78 Å². The molecule has 1 aromatic rings. The lowest BCUT2D eigenvalue weighted by Gasteiger charge is -2.38. The molecule has 0 heterocycles. The van der Waals surface area contributed by atoms with Crippen LogP contribution >= 0.6 is 0 Å². The molecule has 142 valence electrons. The average Bonchev–Trinajstić information content (AvgIpc) is 2.58. The topological polar surface area (TPSA) is 17.1 Å². The summed E-state index contributed by atoms with van der Waals surface area (Å²) in [6.45, 7) is 18.2. The number of Topliss-reactive ketones (excluding diaryl/α,β-unsaturated/α-hetero) is 1. The van der Waals surface area contributed by atoms with Crippen LogP contribution in [0.4, 0.5) is 0 Å². The van der Waals surface area contributed by atoms with Gasteiger partial charge in [0.2, 0.25) is 0 Å². The number of rotatable bonds is 9. The summed E-state index contributed by atoms with van der Waals surface area (Å²) in [5, 5.41) is 0. The first-order valence-electron chi connectivity index (χ1n) is 10.0. The molecule has 0 saturated carbocycles. The van der Waals surface area contributed by atoms with Gasteiger partial charge in [-0.15, -0.1) is 5.54 Å². The van der Waals surface area contributed by atoms with Crippen LogP contribution in [0.2, 0.25) is 16.6 Å². The molecule has 0 radical (unpaired) electrons. The van der Waals surface area contributed by atoms with Crippen LogP contribution in [0.3, 0.4) is 0 Å². The smallest absolute Gasteiger partial charge is 0.162 e. The molecule has 0 N–H and O–H groups in total. The maximum Gasteiger partial charge on any atom is 0.162 e. The van der Waals surface area contributed by atoms with Crippen LogP contribution in [0.1, 0.15) is 77.6 Å². The van der Waals surface area contributed by atoms with E-state index in [2.05, 4.69) is 59.6 Å². The zero-order valence-electron chi connectivity index (χ0n) is 17.6. The van der Waals surface area contributed by atoms with E-state index >= 15 is 0 Å². The molecule has 0 aliphatic carbocycles. The molecule has 0 amide bonds. The summed E-state index contributed by atoms with van der Waals surface area (Å²) in [4.78, 5) is 12.1. The van der Waals surface area contributed by atoms with Crippen molar-refractivity contribution in [1.29, 1.82) is 0 Å². The lowest BCUT2D eigenvalue weighted by Crippen LogP contribution is -2.43. The van der Waals surface area contributed by atoms with Gasteiger partial charge >= 0.3 is 0 Å². The first kappa shape index (κ1) is 22.4. The molecule has 1 nitrogen and oxygen atoms in total. The fraction of sp³-hybridized carbons (Fsp3) is 0.542. The highest BCUT2D eigenvalue weighted by molar-refractivity contribution is 6.90. The number of carbonyl (C=O) groups is 1. The number of benzene rings is 1. The molecule has 1 rings (SSSR count). The third kappa shape index (κ3) is 5.99. The van der Waals surface area contributed by atoms with Gasteiger partial charge in [-0.2, -0.15) is 0 Å². The molecule has 0 atom stereocenters. The van der Waals surface area contributed by atoms with Gasteiger partial charge in [0, 0.05) is 12.0 Å². The van der Waals surface area contributed by atoms with Crippen LogP contribution in [-0.4, -0.2) is 13.9 Å². The molecule has 1 aromatic carbocycles. The van der Waals surface area contributed by atoms with Crippen molar-refractivity contribution in [3.63, 3.8) is 0 Å². The highest BCUT2D eigenvalue weighted by Gasteiger charge is 2.41. The summed E-state index contributed by atoms with van der Waals surface area (Å²) >= 11 is 0. The Bertz CT molecular complexity index is 622. The van der Waals surface area contributed by atoms with Gasteiger partial charge in [-0.25, -0.2) is 0 Å². The zero-order chi connectivity index (χ0) is 19.7. The summed E-state index contributed by atoms with van der Waals surface area (Å²) < 4.78 is 0. The van der Waals surface area contributed by atoms with Crippen LogP contribution in [0.25, 0.3) is 0 Å². The van der Waals surface area contributed by atoms with Gasteiger partial charge in [0.15, 0.2) is 5.78 Å². The van der Waals surface area contributed by atoms with Gasteiger partial charge in [-0.1, -0.05) is 84.4 Å². The largest absolute Gasteiger partial charge is 0.294 e. The lowest BCUT2D eigenvalue weighted by molar-refractivity contribution is 0.0979. The molecule has 0 fully saturated rings. The van der Waals surface area contributed by atoms with Crippen molar-refractivity contribution >= 4 is 13.9 Å². The van der Waals surface area contributed by atoms with Crippen molar-refractivity contribution in [3.05, 3.63) is 48.0 Å². The molecule has 0 unspecified atom stereocenters. The number of hydrogen-bond acceptors (Lipinski definition) is 1. The van der Waals surface area contributed by atoms with Gasteiger partial charge in [0.25, 0.3) is 0 Å². The van der Waals surface area contributed by atoms with E-state index in [4.69, 9.17) is 0 Å². The van der Waals surface area contributed by atoms with E-state index in [0.29, 0.717) is 23.0 Å². The molecule has 0 saturated heterocycles. The van der Waals surface area contributed by atoms with Crippen LogP contribution in [0, 0.1) is 11.5 Å². The van der Waals surface area contributed by atoms with Crippen molar-refractivity contribution in [2.45, 2.75) is 83.8 Å². The van der Waals surface area contributed by atoms with Crippen molar-refractivity contribution in [2.24, 2.45) is 0 Å². The fourth-order valence-electron chi connectivity index (χ4n) is 4.08. The average molecular weight is 369 g/mol. The number of carbonyl (C=O) groups excluding carboxylic acids is 1. The Kier molecular flexibility index (Phi) is 9.09. The molecular weight excluding hydrogens is 332 g/mol. The monoisotopic (exact) mass is 368 g/mol. The maximum absolute atomic E-state index is 12.1. The van der Waals surface area contributed by atoms with Crippen LogP contribution < -0.4 is 0 Å². The lowest BCUT2D eigenvalue weighted by atomic mass is 10.0. The fourth-order valence-corrected chi connectivity index (χ4v) is 9.34. The first-order valence-corrected chi connectivity index (χ1v) is 12.2. The predicted octanol–water partition coefficient (Wildman–Crippen LogP) is 7.21. The van der Waals surface area contributed by atoms with E-state index in [9.17, 15) is 4.79 Å². The number of ketones is 1. The van der Waals surface area contributed by atoms with Gasteiger partial charge in [0.1, 0.15) is 8.07 Å². The minimum absolute atomic E-state index is 0.230. The third-order valence-corrected chi connectivity index (χ3v) is 11.8. The zero-order valence-corrected chi connectivity index (χ0v) is 18.6. The Balaban J connectivity index is 2.56. The summed E-state index contributed by atoms with van der Waals surface area (Å²) in [6, 6.07) is 9.55. The molecule has 26 heavy (non-hydrogen) atoms. The van der Waals surface area contributed by atoms with Crippen LogP contribution in [-0.2, 0) is 0 Å². The van der Waals surface area contributed by atoms with E-state index in [1.54, 1.807) is 0 Å². The van der Waals surface area contributed by atoms with E-state index in [0.717, 1.165) is 30.4 Å². The minimum atomic E-state index is -1.68. The molecule has 0 aromatic heterocycles. The second-order valence-corrected chi connectivity index (χ2v) is 13.8. The van der Waals surface area contributed by atoms with Crippen LogP contribution in [0.5, 0.6) is 0 Å².